The Hall–Kier alpha value is -3.35. The lowest BCUT2D eigenvalue weighted by Gasteiger charge is -2.13. The molecule has 2 aromatic carbocycles. The highest BCUT2D eigenvalue weighted by Crippen LogP contribution is 2.33. The molecule has 1 atom stereocenters. The van der Waals surface area contributed by atoms with Crippen molar-refractivity contribution in [3.05, 3.63) is 54.1 Å². The first-order valence-corrected chi connectivity index (χ1v) is 9.63. The number of nitrogens with zero attached hydrogens (tertiary/aromatic N) is 2. The highest BCUT2D eigenvalue weighted by atomic mass is 16.5. The Labute approximate surface area is 170 Å². The van der Waals surface area contributed by atoms with Crippen LogP contribution in [-0.2, 0) is 16.1 Å². The molecule has 0 saturated carbocycles. The Morgan fingerprint density at radius 3 is 2.45 bits per heavy atom. The van der Waals surface area contributed by atoms with Crippen LogP contribution in [0.4, 0.5) is 5.82 Å². The van der Waals surface area contributed by atoms with Crippen molar-refractivity contribution in [3.8, 4) is 5.75 Å². The van der Waals surface area contributed by atoms with Crippen LogP contribution in [0.25, 0.3) is 10.9 Å². The van der Waals surface area contributed by atoms with Gasteiger partial charge < -0.3 is 15.4 Å². The molecule has 0 fully saturated rings. The van der Waals surface area contributed by atoms with Gasteiger partial charge in [0.1, 0.15) is 11.8 Å². The molecule has 2 N–H and O–H groups in total. The monoisotopic (exact) mass is 394 g/mol. The maximum atomic E-state index is 12.6. The molecule has 7 nitrogen and oxygen atoms in total. The zero-order valence-corrected chi connectivity index (χ0v) is 17.1. The van der Waals surface area contributed by atoms with E-state index in [-0.39, 0.29) is 17.9 Å². The van der Waals surface area contributed by atoms with Crippen molar-refractivity contribution in [1.29, 1.82) is 0 Å². The van der Waals surface area contributed by atoms with E-state index in [0.717, 1.165) is 16.5 Å². The molecule has 0 aliphatic carbocycles. The van der Waals surface area contributed by atoms with Gasteiger partial charge in [0.15, 0.2) is 5.82 Å². The van der Waals surface area contributed by atoms with Gasteiger partial charge >= 0.3 is 0 Å². The summed E-state index contributed by atoms with van der Waals surface area (Å²) in [6.07, 6.45) is -0.0278. The third-order valence-corrected chi connectivity index (χ3v) is 4.33. The highest BCUT2D eigenvalue weighted by molar-refractivity contribution is 6.04. The van der Waals surface area contributed by atoms with E-state index in [0.29, 0.717) is 18.1 Å². The Morgan fingerprint density at radius 2 is 1.79 bits per heavy atom. The molecule has 0 unspecified atom stereocenters. The van der Waals surface area contributed by atoms with Gasteiger partial charge in [0, 0.05) is 6.92 Å². The normalized spacial score (nSPS) is 12.0. The largest absolute Gasteiger partial charge is 0.490 e. The van der Waals surface area contributed by atoms with E-state index in [1.807, 2.05) is 67.1 Å². The molecule has 0 aliphatic heterocycles. The van der Waals surface area contributed by atoms with Crippen LogP contribution in [0.5, 0.6) is 5.75 Å². The zero-order chi connectivity index (χ0) is 21.0. The van der Waals surface area contributed by atoms with Gasteiger partial charge in [-0.1, -0.05) is 36.4 Å². The van der Waals surface area contributed by atoms with Gasteiger partial charge in [-0.05, 0) is 38.5 Å². The second-order valence-corrected chi connectivity index (χ2v) is 7.22. The number of hydrogen-bond donors (Lipinski definition) is 2. The smallest absolute Gasteiger partial charge is 0.247 e. The van der Waals surface area contributed by atoms with Crippen LogP contribution in [0.15, 0.2) is 48.5 Å². The van der Waals surface area contributed by atoms with Crippen LogP contribution in [0.3, 0.4) is 0 Å². The number of amides is 2. The van der Waals surface area contributed by atoms with Crippen molar-refractivity contribution in [3.63, 3.8) is 0 Å². The second-order valence-electron chi connectivity index (χ2n) is 7.22. The average Bonchev–Trinajstić information content (AvgIpc) is 3.00. The van der Waals surface area contributed by atoms with Crippen LogP contribution in [0.2, 0.25) is 0 Å². The molecule has 3 aromatic rings. The number of nitrogens with one attached hydrogen (secondary N) is 2. The van der Waals surface area contributed by atoms with E-state index in [1.165, 1.54) is 6.92 Å². The van der Waals surface area contributed by atoms with Crippen LogP contribution in [-0.4, -0.2) is 33.7 Å². The van der Waals surface area contributed by atoms with Gasteiger partial charge in [0.25, 0.3) is 0 Å². The summed E-state index contributed by atoms with van der Waals surface area (Å²) in [7, 11) is 0. The Kier molecular flexibility index (Phi) is 6.16. The molecular weight excluding hydrogens is 368 g/mol. The first-order valence-electron chi connectivity index (χ1n) is 9.63. The van der Waals surface area contributed by atoms with Crippen LogP contribution >= 0.6 is 0 Å². The number of anilines is 1. The lowest BCUT2D eigenvalue weighted by atomic mass is 10.2. The lowest BCUT2D eigenvalue weighted by molar-refractivity contribution is -0.124. The second kappa shape index (κ2) is 8.77. The fourth-order valence-corrected chi connectivity index (χ4v) is 3.11. The summed E-state index contributed by atoms with van der Waals surface area (Å²) in [6, 6.07) is 15.0. The van der Waals surface area contributed by atoms with Gasteiger partial charge in [-0.2, -0.15) is 5.10 Å². The lowest BCUT2D eigenvalue weighted by Crippen LogP contribution is -2.40. The van der Waals surface area contributed by atoms with Gasteiger partial charge in [-0.15, -0.1) is 0 Å². The number of fused-ring (bicyclic) bond motifs is 1. The average molecular weight is 394 g/mol. The molecular formula is C22H26N4O3. The summed E-state index contributed by atoms with van der Waals surface area (Å²) in [5.41, 5.74) is 1.95. The number of carbonyl (C=O) groups is 2. The number of carbonyl (C=O) groups excluding carboxylic acids is 2. The Balaban J connectivity index is 2.02. The number of aromatic nitrogens is 2. The van der Waals surface area contributed by atoms with Crippen LogP contribution in [0.1, 0.15) is 33.3 Å². The first kappa shape index (κ1) is 20.4. The van der Waals surface area contributed by atoms with E-state index in [9.17, 15) is 9.59 Å². The quantitative estimate of drug-likeness (QED) is 0.644. The van der Waals surface area contributed by atoms with E-state index in [2.05, 4.69) is 15.7 Å². The van der Waals surface area contributed by atoms with E-state index < -0.39 is 6.04 Å². The molecule has 0 spiro atoms. The van der Waals surface area contributed by atoms with Crippen LogP contribution < -0.4 is 15.4 Å². The van der Waals surface area contributed by atoms with Crippen molar-refractivity contribution in [2.75, 3.05) is 5.32 Å². The predicted octanol–water partition coefficient (Wildman–Crippen LogP) is 3.33. The molecule has 7 heteroatoms. The summed E-state index contributed by atoms with van der Waals surface area (Å²) in [5.74, 6) is 0.454. The maximum Gasteiger partial charge on any atom is 0.247 e. The summed E-state index contributed by atoms with van der Waals surface area (Å²) < 4.78 is 7.81. The molecule has 0 saturated heterocycles. The molecule has 152 valence electrons. The molecule has 0 aliphatic rings. The van der Waals surface area contributed by atoms with Crippen molar-refractivity contribution in [1.82, 2.24) is 15.1 Å². The Bertz CT molecular complexity index is 1010. The SMILES string of the molecule is CC(=O)N[C@H](C)C(=O)Nc1nn(Cc2ccccc2)c2cccc(OC(C)C)c12. The van der Waals surface area contributed by atoms with Gasteiger partial charge in [-0.3, -0.25) is 14.3 Å². The first-order chi connectivity index (χ1) is 13.8. The minimum absolute atomic E-state index is 0.0278. The maximum absolute atomic E-state index is 12.6. The van der Waals surface area contributed by atoms with Crippen molar-refractivity contribution >= 4 is 28.5 Å². The molecule has 2 amide bonds. The topological polar surface area (TPSA) is 85.3 Å². The molecule has 3 rings (SSSR count). The van der Waals surface area contributed by atoms with Gasteiger partial charge in [0.05, 0.1) is 23.6 Å². The van der Waals surface area contributed by atoms with E-state index in [4.69, 9.17) is 4.74 Å². The highest BCUT2D eigenvalue weighted by Gasteiger charge is 2.21. The Morgan fingerprint density at radius 1 is 1.07 bits per heavy atom. The van der Waals surface area contributed by atoms with Crippen molar-refractivity contribution < 1.29 is 14.3 Å². The van der Waals surface area contributed by atoms with Crippen molar-refractivity contribution in [2.24, 2.45) is 0 Å². The third-order valence-electron chi connectivity index (χ3n) is 4.33. The minimum atomic E-state index is -0.681. The van der Waals surface area contributed by atoms with Crippen LogP contribution in [0, 0.1) is 0 Å². The summed E-state index contributed by atoms with van der Waals surface area (Å²) >= 11 is 0. The number of hydrogen-bond acceptors (Lipinski definition) is 4. The molecule has 0 radical (unpaired) electrons. The van der Waals surface area contributed by atoms with E-state index >= 15 is 0 Å². The molecule has 29 heavy (non-hydrogen) atoms. The summed E-state index contributed by atoms with van der Waals surface area (Å²) in [6.45, 7) is 7.46. The molecule has 0 bridgehead atoms. The predicted molar refractivity (Wildman–Crippen MR) is 113 cm³/mol. The van der Waals surface area contributed by atoms with Gasteiger partial charge in [0.2, 0.25) is 11.8 Å². The fraction of sp³-hybridized carbons (Fsp3) is 0.318. The standard InChI is InChI=1S/C22H26N4O3/c1-14(2)29-19-12-8-11-18-20(19)21(24-22(28)15(3)23-16(4)27)25-26(18)13-17-9-6-5-7-10-17/h5-12,14-15H,13H2,1-4H3,(H,23,27)(H,24,25,28)/t15-/m1/s1. The van der Waals surface area contributed by atoms with Gasteiger partial charge in [-0.25, -0.2) is 0 Å². The number of rotatable bonds is 7. The number of benzene rings is 2. The molecule has 1 aromatic heterocycles. The molecule has 1 heterocycles. The summed E-state index contributed by atoms with van der Waals surface area (Å²) in [4.78, 5) is 23.9. The fourth-order valence-electron chi connectivity index (χ4n) is 3.11. The van der Waals surface area contributed by atoms with E-state index in [1.54, 1.807) is 6.92 Å². The number of ether oxygens (including phenoxy) is 1. The third kappa shape index (κ3) is 4.93. The zero-order valence-electron chi connectivity index (χ0n) is 17.1. The minimum Gasteiger partial charge on any atom is -0.490 e. The van der Waals surface area contributed by atoms with Crippen molar-refractivity contribution in [2.45, 2.75) is 46.4 Å². The summed E-state index contributed by atoms with van der Waals surface area (Å²) in [5, 5.41) is 10.8.